The van der Waals surface area contributed by atoms with Crippen molar-refractivity contribution >= 4 is 21.4 Å². The monoisotopic (exact) mass is 309 g/mol. The van der Waals surface area contributed by atoms with Crippen molar-refractivity contribution in [2.24, 2.45) is 5.73 Å². The van der Waals surface area contributed by atoms with E-state index in [0.29, 0.717) is 10.6 Å². The van der Waals surface area contributed by atoms with Crippen LogP contribution in [0, 0.1) is 6.92 Å². The number of benzene rings is 2. The molecule has 1 atom stereocenters. The van der Waals surface area contributed by atoms with Gasteiger partial charge in [0.2, 0.25) is 0 Å². The summed E-state index contributed by atoms with van der Waals surface area (Å²) in [5.41, 5.74) is 7.42. The molecule has 0 aliphatic rings. The lowest BCUT2D eigenvalue weighted by atomic mass is 10.1. The molecule has 2 rings (SSSR count). The third-order valence-electron chi connectivity index (χ3n) is 3.14. The first-order chi connectivity index (χ1) is 9.45. The molecule has 3 nitrogen and oxygen atoms in total. The number of hydrogen-bond acceptors (Lipinski definition) is 3. The Morgan fingerprint density at radius 1 is 1.15 bits per heavy atom. The molecule has 0 fully saturated rings. The molecule has 0 aromatic heterocycles. The Kier molecular flexibility index (Phi) is 4.48. The minimum Gasteiger partial charge on any atom is -0.329 e. The maximum atomic E-state index is 12.7. The maximum absolute atomic E-state index is 12.7. The van der Waals surface area contributed by atoms with Crippen LogP contribution in [0.15, 0.2) is 53.4 Å². The fourth-order valence-corrected chi connectivity index (χ4v) is 3.83. The fourth-order valence-electron chi connectivity index (χ4n) is 2.10. The summed E-state index contributed by atoms with van der Waals surface area (Å²) >= 11 is 5.79. The second-order valence-electron chi connectivity index (χ2n) is 4.64. The molecule has 0 radical (unpaired) electrons. The molecule has 0 aliphatic heterocycles. The highest BCUT2D eigenvalue weighted by Crippen LogP contribution is 2.29. The van der Waals surface area contributed by atoms with Gasteiger partial charge in [-0.3, -0.25) is 0 Å². The molecule has 0 spiro atoms. The average Bonchev–Trinajstić information content (AvgIpc) is 2.40. The summed E-state index contributed by atoms with van der Waals surface area (Å²) in [7, 11) is -3.52. The minimum absolute atomic E-state index is 0.0361. The quantitative estimate of drug-likeness (QED) is 0.944. The molecule has 0 saturated heterocycles. The molecule has 5 heteroatoms. The van der Waals surface area contributed by atoms with E-state index in [1.807, 2.05) is 25.1 Å². The van der Waals surface area contributed by atoms with Gasteiger partial charge in [0.1, 0.15) is 5.25 Å². The Bertz CT molecular complexity index is 696. The Morgan fingerprint density at radius 2 is 1.80 bits per heavy atom. The van der Waals surface area contributed by atoms with Crippen LogP contribution in [0.4, 0.5) is 0 Å². The van der Waals surface area contributed by atoms with E-state index in [4.69, 9.17) is 17.3 Å². The molecular formula is C15H16ClNO2S. The molecule has 2 N–H and O–H groups in total. The third kappa shape index (κ3) is 3.03. The minimum atomic E-state index is -3.52. The van der Waals surface area contributed by atoms with Gasteiger partial charge in [0.15, 0.2) is 9.84 Å². The normalized spacial score (nSPS) is 13.2. The smallest absolute Gasteiger partial charge is 0.186 e. The van der Waals surface area contributed by atoms with Gasteiger partial charge in [-0.05, 0) is 36.8 Å². The molecule has 2 aromatic carbocycles. The third-order valence-corrected chi connectivity index (χ3v) is 5.54. The molecule has 0 heterocycles. The number of halogens is 1. The van der Waals surface area contributed by atoms with E-state index in [9.17, 15) is 8.42 Å². The summed E-state index contributed by atoms with van der Waals surface area (Å²) in [4.78, 5) is 0.235. The van der Waals surface area contributed by atoms with Crippen LogP contribution in [-0.4, -0.2) is 15.0 Å². The van der Waals surface area contributed by atoms with Gasteiger partial charge >= 0.3 is 0 Å². The van der Waals surface area contributed by atoms with Gasteiger partial charge in [-0.1, -0.05) is 41.4 Å². The van der Waals surface area contributed by atoms with Crippen LogP contribution >= 0.6 is 11.6 Å². The SMILES string of the molecule is Cc1cccc([C@@H](CN)S(=O)(=O)c2ccc(Cl)cc2)c1. The van der Waals surface area contributed by atoms with Gasteiger partial charge in [-0.15, -0.1) is 0 Å². The van der Waals surface area contributed by atoms with Crippen LogP contribution in [-0.2, 0) is 9.84 Å². The lowest BCUT2D eigenvalue weighted by molar-refractivity contribution is 0.582. The summed E-state index contributed by atoms with van der Waals surface area (Å²) in [5, 5.41) is -0.243. The fraction of sp³-hybridized carbons (Fsp3) is 0.200. The van der Waals surface area contributed by atoms with E-state index in [1.54, 1.807) is 18.2 Å². The van der Waals surface area contributed by atoms with Crippen molar-refractivity contribution in [3.8, 4) is 0 Å². The van der Waals surface area contributed by atoms with Crippen molar-refractivity contribution in [3.05, 3.63) is 64.7 Å². The summed E-state index contributed by atoms with van der Waals surface area (Å²) in [6, 6.07) is 13.6. The standard InChI is InChI=1S/C15H16ClNO2S/c1-11-3-2-4-12(9-11)15(10-17)20(18,19)14-7-5-13(16)6-8-14/h2-9,15H,10,17H2,1H3/t15-/m1/s1. The molecule has 0 unspecified atom stereocenters. The van der Waals surface area contributed by atoms with E-state index in [1.165, 1.54) is 12.1 Å². The first-order valence-electron chi connectivity index (χ1n) is 6.21. The van der Waals surface area contributed by atoms with Gasteiger partial charge < -0.3 is 5.73 Å². The molecule has 0 amide bonds. The summed E-state index contributed by atoms with van der Waals surface area (Å²) in [6.45, 7) is 1.96. The van der Waals surface area contributed by atoms with E-state index < -0.39 is 15.1 Å². The Balaban J connectivity index is 2.47. The highest BCUT2D eigenvalue weighted by Gasteiger charge is 2.27. The second-order valence-corrected chi connectivity index (χ2v) is 7.20. The first-order valence-corrected chi connectivity index (χ1v) is 8.13. The van der Waals surface area contributed by atoms with Crippen LogP contribution in [0.2, 0.25) is 5.02 Å². The molecule has 0 saturated carbocycles. The lowest BCUT2D eigenvalue weighted by Gasteiger charge is -2.17. The zero-order valence-electron chi connectivity index (χ0n) is 11.1. The van der Waals surface area contributed by atoms with Crippen LogP contribution in [0.1, 0.15) is 16.4 Å². The predicted octanol–water partition coefficient (Wildman–Crippen LogP) is 3.12. The molecule has 106 valence electrons. The summed E-state index contributed by atoms with van der Waals surface area (Å²) in [5.74, 6) is 0. The van der Waals surface area contributed by atoms with Gasteiger partial charge in [-0.2, -0.15) is 0 Å². The largest absolute Gasteiger partial charge is 0.329 e. The Labute approximate surface area is 124 Å². The zero-order chi connectivity index (χ0) is 14.8. The van der Waals surface area contributed by atoms with Crippen molar-refractivity contribution in [2.75, 3.05) is 6.54 Å². The molecule has 20 heavy (non-hydrogen) atoms. The predicted molar refractivity (Wildman–Crippen MR) is 81.6 cm³/mol. The van der Waals surface area contributed by atoms with Crippen molar-refractivity contribution in [1.29, 1.82) is 0 Å². The average molecular weight is 310 g/mol. The van der Waals surface area contributed by atoms with Crippen LogP contribution in [0.25, 0.3) is 0 Å². The van der Waals surface area contributed by atoms with Crippen molar-refractivity contribution in [2.45, 2.75) is 17.1 Å². The van der Waals surface area contributed by atoms with Crippen molar-refractivity contribution in [1.82, 2.24) is 0 Å². The molecule has 2 aromatic rings. The molecular weight excluding hydrogens is 294 g/mol. The summed E-state index contributed by atoms with van der Waals surface area (Å²) in [6.07, 6.45) is 0. The lowest BCUT2D eigenvalue weighted by Crippen LogP contribution is -2.22. The molecule has 0 aliphatic carbocycles. The first kappa shape index (κ1) is 15.0. The highest BCUT2D eigenvalue weighted by atomic mass is 35.5. The van der Waals surface area contributed by atoms with E-state index in [2.05, 4.69) is 0 Å². The van der Waals surface area contributed by atoms with E-state index in [-0.39, 0.29) is 11.4 Å². The van der Waals surface area contributed by atoms with Crippen LogP contribution < -0.4 is 5.73 Å². The zero-order valence-corrected chi connectivity index (χ0v) is 12.7. The topological polar surface area (TPSA) is 60.2 Å². The van der Waals surface area contributed by atoms with Crippen molar-refractivity contribution < 1.29 is 8.42 Å². The summed E-state index contributed by atoms with van der Waals surface area (Å²) < 4.78 is 25.3. The van der Waals surface area contributed by atoms with E-state index >= 15 is 0 Å². The highest BCUT2D eigenvalue weighted by molar-refractivity contribution is 7.91. The maximum Gasteiger partial charge on any atom is 0.186 e. The van der Waals surface area contributed by atoms with E-state index in [0.717, 1.165) is 5.56 Å². The Hall–Kier alpha value is -1.36. The van der Waals surface area contributed by atoms with Gasteiger partial charge in [0.05, 0.1) is 4.90 Å². The Morgan fingerprint density at radius 3 is 2.35 bits per heavy atom. The molecule has 0 bridgehead atoms. The van der Waals surface area contributed by atoms with Crippen LogP contribution in [0.3, 0.4) is 0 Å². The number of sulfone groups is 1. The van der Waals surface area contributed by atoms with Gasteiger partial charge in [0.25, 0.3) is 0 Å². The number of rotatable bonds is 4. The second kappa shape index (κ2) is 5.95. The van der Waals surface area contributed by atoms with Crippen LogP contribution in [0.5, 0.6) is 0 Å². The number of hydrogen-bond donors (Lipinski definition) is 1. The van der Waals surface area contributed by atoms with Gasteiger partial charge in [-0.25, -0.2) is 8.42 Å². The van der Waals surface area contributed by atoms with Gasteiger partial charge in [0, 0.05) is 11.6 Å². The number of aryl methyl sites for hydroxylation is 1. The van der Waals surface area contributed by atoms with Crippen molar-refractivity contribution in [3.63, 3.8) is 0 Å². The number of nitrogens with two attached hydrogens (primary N) is 1.